The zero-order chi connectivity index (χ0) is 14.5. The van der Waals surface area contributed by atoms with E-state index in [1.165, 1.54) is 12.1 Å². The quantitative estimate of drug-likeness (QED) is 0.783. The van der Waals surface area contributed by atoms with Crippen molar-refractivity contribution in [3.8, 4) is 0 Å². The Balaban J connectivity index is 2.32. The minimum absolute atomic E-state index is 0.106. The van der Waals surface area contributed by atoms with E-state index in [1.54, 1.807) is 0 Å². The summed E-state index contributed by atoms with van der Waals surface area (Å²) in [5, 5.41) is 3.27. The topological polar surface area (TPSA) is 12.0 Å². The van der Waals surface area contributed by atoms with Gasteiger partial charge in [0.2, 0.25) is 0 Å². The van der Waals surface area contributed by atoms with Crippen LogP contribution in [0.4, 0.5) is 8.78 Å². The third kappa shape index (κ3) is 3.44. The van der Waals surface area contributed by atoms with Crippen molar-refractivity contribution >= 4 is 15.9 Å². The number of nitrogens with one attached hydrogen (secondary N) is 1. The molecule has 0 amide bonds. The van der Waals surface area contributed by atoms with Gasteiger partial charge < -0.3 is 5.32 Å². The van der Waals surface area contributed by atoms with Crippen LogP contribution in [0.2, 0.25) is 0 Å². The van der Waals surface area contributed by atoms with Crippen LogP contribution in [0.5, 0.6) is 0 Å². The van der Waals surface area contributed by atoms with Crippen molar-refractivity contribution in [3.05, 3.63) is 69.7 Å². The van der Waals surface area contributed by atoms with E-state index in [4.69, 9.17) is 0 Å². The summed E-state index contributed by atoms with van der Waals surface area (Å²) >= 11 is 3.10. The van der Waals surface area contributed by atoms with Gasteiger partial charge in [-0.3, -0.25) is 0 Å². The molecular formula is C16H16BrF2N. The highest BCUT2D eigenvalue weighted by molar-refractivity contribution is 9.10. The van der Waals surface area contributed by atoms with Crippen molar-refractivity contribution in [2.75, 3.05) is 6.54 Å². The molecule has 2 aromatic rings. The molecule has 1 unspecified atom stereocenters. The van der Waals surface area contributed by atoms with Gasteiger partial charge in [-0.25, -0.2) is 8.78 Å². The lowest BCUT2D eigenvalue weighted by Crippen LogP contribution is -2.23. The fraction of sp³-hybridized carbons (Fsp3) is 0.250. The molecule has 0 aromatic heterocycles. The summed E-state index contributed by atoms with van der Waals surface area (Å²) in [6.45, 7) is 2.71. The number of benzene rings is 2. The molecule has 0 saturated heterocycles. The van der Waals surface area contributed by atoms with Crippen LogP contribution in [0.15, 0.2) is 46.9 Å². The molecule has 2 aromatic carbocycles. The molecule has 0 fully saturated rings. The molecule has 1 nitrogen and oxygen atoms in total. The van der Waals surface area contributed by atoms with Crippen molar-refractivity contribution in [3.63, 3.8) is 0 Å². The molecule has 0 spiro atoms. The van der Waals surface area contributed by atoms with Crippen LogP contribution in [0.25, 0.3) is 0 Å². The molecule has 0 saturated carbocycles. The van der Waals surface area contributed by atoms with Crippen molar-refractivity contribution in [1.82, 2.24) is 5.32 Å². The fourth-order valence-corrected chi connectivity index (χ4v) is 2.57. The van der Waals surface area contributed by atoms with E-state index in [0.717, 1.165) is 12.1 Å². The van der Waals surface area contributed by atoms with E-state index >= 15 is 0 Å². The SMILES string of the molecule is CCNC(Cc1c(F)ccc(Br)c1F)c1ccccc1. The van der Waals surface area contributed by atoms with E-state index in [0.29, 0.717) is 0 Å². The fourth-order valence-electron chi connectivity index (χ4n) is 2.20. The van der Waals surface area contributed by atoms with Crippen LogP contribution in [0.3, 0.4) is 0 Å². The first-order chi connectivity index (χ1) is 9.63. The molecule has 106 valence electrons. The molecule has 4 heteroatoms. The lowest BCUT2D eigenvalue weighted by molar-refractivity contribution is 0.497. The largest absolute Gasteiger partial charge is 0.310 e. The second-order valence-corrected chi connectivity index (χ2v) is 5.40. The smallest absolute Gasteiger partial charge is 0.143 e. The Hall–Kier alpha value is -1.26. The number of halogens is 3. The van der Waals surface area contributed by atoms with Crippen molar-refractivity contribution in [1.29, 1.82) is 0 Å². The molecule has 0 aliphatic heterocycles. The average Bonchev–Trinajstić information content (AvgIpc) is 2.47. The van der Waals surface area contributed by atoms with Gasteiger partial charge >= 0.3 is 0 Å². The molecule has 0 bridgehead atoms. The van der Waals surface area contributed by atoms with E-state index < -0.39 is 11.6 Å². The first-order valence-electron chi connectivity index (χ1n) is 6.54. The maximum Gasteiger partial charge on any atom is 0.143 e. The molecular weight excluding hydrogens is 324 g/mol. The summed E-state index contributed by atoms with van der Waals surface area (Å²) < 4.78 is 28.2. The Morgan fingerprint density at radius 2 is 1.80 bits per heavy atom. The number of likely N-dealkylation sites (N-methyl/N-ethyl adjacent to an activating group) is 1. The minimum atomic E-state index is -0.524. The highest BCUT2D eigenvalue weighted by Gasteiger charge is 2.18. The Morgan fingerprint density at radius 3 is 2.45 bits per heavy atom. The lowest BCUT2D eigenvalue weighted by atomic mass is 9.98. The molecule has 1 N–H and O–H groups in total. The Kier molecular flexibility index (Phi) is 5.26. The van der Waals surface area contributed by atoms with Crippen LogP contribution < -0.4 is 5.32 Å². The lowest BCUT2D eigenvalue weighted by Gasteiger charge is -2.19. The molecule has 1 atom stereocenters. The third-order valence-corrected chi connectivity index (χ3v) is 3.81. The van der Waals surface area contributed by atoms with Crippen LogP contribution in [0.1, 0.15) is 24.1 Å². The van der Waals surface area contributed by atoms with Gasteiger partial charge in [-0.15, -0.1) is 0 Å². The standard InChI is InChI=1S/C16H16BrF2N/c1-2-20-15(11-6-4-3-5-7-11)10-12-14(18)9-8-13(17)16(12)19/h3-9,15,20H,2,10H2,1H3. The van der Waals surface area contributed by atoms with E-state index in [9.17, 15) is 8.78 Å². The second-order valence-electron chi connectivity index (χ2n) is 4.55. The van der Waals surface area contributed by atoms with Gasteiger partial charge in [0, 0.05) is 11.6 Å². The number of rotatable bonds is 5. The second kappa shape index (κ2) is 6.95. The van der Waals surface area contributed by atoms with Gasteiger partial charge in [0.15, 0.2) is 0 Å². The maximum atomic E-state index is 14.1. The van der Waals surface area contributed by atoms with Gasteiger partial charge in [-0.2, -0.15) is 0 Å². The molecule has 0 aliphatic rings. The van der Waals surface area contributed by atoms with Crippen molar-refractivity contribution in [2.24, 2.45) is 0 Å². The average molecular weight is 340 g/mol. The van der Waals surface area contributed by atoms with Gasteiger partial charge in [0.05, 0.1) is 4.47 Å². The highest BCUT2D eigenvalue weighted by Crippen LogP contribution is 2.26. The van der Waals surface area contributed by atoms with Crippen LogP contribution in [-0.4, -0.2) is 6.54 Å². The van der Waals surface area contributed by atoms with Gasteiger partial charge in [-0.05, 0) is 46.6 Å². The molecule has 0 heterocycles. The minimum Gasteiger partial charge on any atom is -0.310 e. The van der Waals surface area contributed by atoms with E-state index in [-0.39, 0.29) is 22.5 Å². The first-order valence-corrected chi connectivity index (χ1v) is 7.33. The Bertz CT molecular complexity index is 572. The van der Waals surface area contributed by atoms with E-state index in [1.807, 2.05) is 37.3 Å². The van der Waals surface area contributed by atoms with Crippen LogP contribution >= 0.6 is 15.9 Å². The third-order valence-electron chi connectivity index (χ3n) is 3.20. The monoisotopic (exact) mass is 339 g/mol. The number of hydrogen-bond donors (Lipinski definition) is 1. The summed E-state index contributed by atoms with van der Waals surface area (Å²) in [7, 11) is 0. The Labute approximate surface area is 126 Å². The zero-order valence-electron chi connectivity index (χ0n) is 11.2. The molecule has 0 aliphatic carbocycles. The molecule has 20 heavy (non-hydrogen) atoms. The normalized spacial score (nSPS) is 12.4. The molecule has 2 rings (SSSR count). The summed E-state index contributed by atoms with van der Waals surface area (Å²) in [6, 6.07) is 12.3. The van der Waals surface area contributed by atoms with Crippen LogP contribution in [0, 0.1) is 11.6 Å². The predicted molar refractivity (Wildman–Crippen MR) is 80.6 cm³/mol. The predicted octanol–water partition coefficient (Wildman–Crippen LogP) is 4.62. The first kappa shape index (κ1) is 15.1. The van der Waals surface area contributed by atoms with Gasteiger partial charge in [0.25, 0.3) is 0 Å². The van der Waals surface area contributed by atoms with Gasteiger partial charge in [0.1, 0.15) is 11.6 Å². The van der Waals surface area contributed by atoms with Gasteiger partial charge in [-0.1, -0.05) is 37.3 Å². The summed E-state index contributed by atoms with van der Waals surface area (Å²) in [5.74, 6) is -1.03. The summed E-state index contributed by atoms with van der Waals surface area (Å²) in [6.07, 6.45) is 0.273. The molecule has 0 radical (unpaired) electrons. The summed E-state index contributed by atoms with van der Waals surface area (Å²) in [4.78, 5) is 0. The van der Waals surface area contributed by atoms with E-state index in [2.05, 4.69) is 21.2 Å². The van der Waals surface area contributed by atoms with Crippen LogP contribution in [-0.2, 0) is 6.42 Å². The summed E-state index contributed by atoms with van der Waals surface area (Å²) in [5.41, 5.74) is 1.13. The highest BCUT2D eigenvalue weighted by atomic mass is 79.9. The van der Waals surface area contributed by atoms with Crippen molar-refractivity contribution < 1.29 is 8.78 Å². The number of hydrogen-bond acceptors (Lipinski definition) is 1. The van der Waals surface area contributed by atoms with Crippen molar-refractivity contribution in [2.45, 2.75) is 19.4 Å². The Morgan fingerprint density at radius 1 is 1.10 bits per heavy atom. The zero-order valence-corrected chi connectivity index (χ0v) is 12.8. The maximum absolute atomic E-state index is 14.1.